The van der Waals surface area contributed by atoms with Crippen LogP contribution < -0.4 is 4.90 Å². The van der Waals surface area contributed by atoms with E-state index in [-0.39, 0.29) is 5.91 Å². The van der Waals surface area contributed by atoms with Gasteiger partial charge in [-0.25, -0.2) is 0 Å². The summed E-state index contributed by atoms with van der Waals surface area (Å²) in [5.41, 5.74) is 6.06. The number of H-pyrrole nitrogens is 1. The maximum Gasteiger partial charge on any atom is 0.254 e. The minimum absolute atomic E-state index is 0.0607. The summed E-state index contributed by atoms with van der Waals surface area (Å²) in [5.74, 6) is 0.0607. The Balaban J connectivity index is 1.47. The number of nitrogens with zero attached hydrogens (tertiary/aromatic N) is 4. The third kappa shape index (κ3) is 2.84. The van der Waals surface area contributed by atoms with E-state index in [9.17, 15) is 4.79 Å². The molecule has 1 fully saturated rings. The predicted molar refractivity (Wildman–Crippen MR) is 97.9 cm³/mol. The monoisotopic (exact) mass is 335 g/mol. The Morgan fingerprint density at radius 2 is 1.76 bits per heavy atom. The van der Waals surface area contributed by atoms with Gasteiger partial charge in [0.15, 0.2) is 0 Å². The van der Waals surface area contributed by atoms with E-state index in [2.05, 4.69) is 52.4 Å². The highest BCUT2D eigenvalue weighted by Crippen LogP contribution is 2.24. The quantitative estimate of drug-likeness (QED) is 0.782. The van der Waals surface area contributed by atoms with Crippen LogP contribution in [-0.2, 0) is 0 Å². The third-order valence-corrected chi connectivity index (χ3v) is 5.05. The first-order valence-corrected chi connectivity index (χ1v) is 8.54. The number of anilines is 1. The number of hydrogen-bond acceptors (Lipinski definition) is 4. The first-order valence-electron chi connectivity index (χ1n) is 8.54. The highest BCUT2D eigenvalue weighted by molar-refractivity contribution is 5.97. The second kappa shape index (κ2) is 6.20. The van der Waals surface area contributed by atoms with Gasteiger partial charge in [0, 0.05) is 37.4 Å². The second-order valence-corrected chi connectivity index (χ2v) is 6.53. The molecule has 0 saturated carbocycles. The van der Waals surface area contributed by atoms with Crippen LogP contribution in [0.3, 0.4) is 0 Å². The van der Waals surface area contributed by atoms with Crippen LogP contribution in [0.15, 0.2) is 36.4 Å². The first kappa shape index (κ1) is 15.6. The van der Waals surface area contributed by atoms with E-state index in [1.807, 2.05) is 17.0 Å². The number of aromatic nitrogens is 3. The average molecular weight is 335 g/mol. The molecule has 128 valence electrons. The number of fused-ring (bicyclic) bond motifs is 1. The molecule has 1 N–H and O–H groups in total. The lowest BCUT2D eigenvalue weighted by Gasteiger charge is -2.37. The van der Waals surface area contributed by atoms with Crippen molar-refractivity contribution >= 4 is 22.6 Å². The predicted octanol–water partition coefficient (Wildman–Crippen LogP) is 2.54. The van der Waals surface area contributed by atoms with Crippen molar-refractivity contribution in [3.63, 3.8) is 0 Å². The summed E-state index contributed by atoms with van der Waals surface area (Å²) in [6.07, 6.45) is 0. The van der Waals surface area contributed by atoms with Crippen LogP contribution in [0.2, 0.25) is 0 Å². The van der Waals surface area contributed by atoms with Crippen LogP contribution in [0.1, 0.15) is 21.5 Å². The van der Waals surface area contributed by atoms with Gasteiger partial charge in [-0.05, 0) is 49.2 Å². The fourth-order valence-corrected chi connectivity index (χ4v) is 3.38. The molecule has 0 radical (unpaired) electrons. The summed E-state index contributed by atoms with van der Waals surface area (Å²) in [7, 11) is 0. The van der Waals surface area contributed by atoms with E-state index < -0.39 is 0 Å². The molecular formula is C19H21N5O. The molecular weight excluding hydrogens is 314 g/mol. The Hall–Kier alpha value is -2.89. The average Bonchev–Trinajstić information content (AvgIpc) is 3.11. The number of carbonyl (C=O) groups is 1. The maximum absolute atomic E-state index is 12.8. The van der Waals surface area contributed by atoms with Gasteiger partial charge in [0.25, 0.3) is 5.91 Å². The van der Waals surface area contributed by atoms with E-state index in [4.69, 9.17) is 0 Å². The van der Waals surface area contributed by atoms with Crippen LogP contribution in [-0.4, -0.2) is 52.4 Å². The number of rotatable bonds is 2. The summed E-state index contributed by atoms with van der Waals surface area (Å²) in [6.45, 7) is 7.45. The minimum Gasteiger partial charge on any atom is -0.368 e. The highest BCUT2D eigenvalue weighted by atomic mass is 16.2. The van der Waals surface area contributed by atoms with Crippen molar-refractivity contribution in [1.82, 2.24) is 20.3 Å². The molecule has 3 aromatic rings. The van der Waals surface area contributed by atoms with Crippen LogP contribution in [0.25, 0.3) is 11.0 Å². The molecule has 6 nitrogen and oxygen atoms in total. The van der Waals surface area contributed by atoms with Crippen molar-refractivity contribution in [2.24, 2.45) is 0 Å². The number of carbonyl (C=O) groups excluding carboxylic acids is 1. The van der Waals surface area contributed by atoms with Crippen LogP contribution >= 0.6 is 0 Å². The molecule has 0 spiro atoms. The van der Waals surface area contributed by atoms with Gasteiger partial charge in [-0.15, -0.1) is 0 Å². The summed E-state index contributed by atoms with van der Waals surface area (Å²) < 4.78 is 0. The molecule has 0 unspecified atom stereocenters. The van der Waals surface area contributed by atoms with Gasteiger partial charge in [-0.3, -0.25) is 4.79 Å². The zero-order valence-corrected chi connectivity index (χ0v) is 14.5. The molecule has 0 bridgehead atoms. The fraction of sp³-hybridized carbons (Fsp3) is 0.316. The largest absolute Gasteiger partial charge is 0.368 e. The SMILES string of the molecule is Cc1cccc(N2CCN(C(=O)c3ccc4n[nH]nc4c3)CC2)c1C. The smallest absolute Gasteiger partial charge is 0.254 e. The molecule has 2 aromatic carbocycles. The highest BCUT2D eigenvalue weighted by Gasteiger charge is 2.23. The van der Waals surface area contributed by atoms with Crippen molar-refractivity contribution in [2.45, 2.75) is 13.8 Å². The zero-order valence-electron chi connectivity index (χ0n) is 14.5. The fourth-order valence-electron chi connectivity index (χ4n) is 3.38. The Morgan fingerprint density at radius 1 is 1.00 bits per heavy atom. The van der Waals surface area contributed by atoms with Crippen molar-refractivity contribution < 1.29 is 4.79 Å². The van der Waals surface area contributed by atoms with E-state index in [0.29, 0.717) is 5.56 Å². The Kier molecular flexibility index (Phi) is 3.87. The van der Waals surface area contributed by atoms with Gasteiger partial charge in [0.1, 0.15) is 11.0 Å². The molecule has 1 amide bonds. The van der Waals surface area contributed by atoms with Crippen molar-refractivity contribution in [1.29, 1.82) is 0 Å². The van der Waals surface area contributed by atoms with Crippen LogP contribution in [0.5, 0.6) is 0 Å². The first-order chi connectivity index (χ1) is 12.1. The van der Waals surface area contributed by atoms with Crippen LogP contribution in [0, 0.1) is 13.8 Å². The molecule has 1 aromatic heterocycles. The number of aromatic amines is 1. The molecule has 25 heavy (non-hydrogen) atoms. The Morgan fingerprint density at radius 3 is 2.56 bits per heavy atom. The summed E-state index contributed by atoms with van der Waals surface area (Å²) in [6, 6.07) is 11.9. The normalized spacial score (nSPS) is 15.0. The number of hydrogen-bond donors (Lipinski definition) is 1. The number of amides is 1. The third-order valence-electron chi connectivity index (χ3n) is 5.05. The van der Waals surface area contributed by atoms with Gasteiger partial charge in [0.05, 0.1) is 0 Å². The molecule has 0 aliphatic carbocycles. The van der Waals surface area contributed by atoms with E-state index in [0.717, 1.165) is 37.2 Å². The second-order valence-electron chi connectivity index (χ2n) is 6.53. The lowest BCUT2D eigenvalue weighted by molar-refractivity contribution is 0.0747. The standard InChI is InChI=1S/C19H21N5O/c1-13-4-3-5-18(14(13)2)23-8-10-24(11-9-23)19(25)15-6-7-16-17(12-15)21-22-20-16/h3-7,12H,8-11H2,1-2H3,(H,20,21,22). The molecule has 4 rings (SSSR count). The summed E-state index contributed by atoms with van der Waals surface area (Å²) in [4.78, 5) is 17.1. The van der Waals surface area contributed by atoms with Crippen molar-refractivity contribution in [2.75, 3.05) is 31.1 Å². The molecule has 1 aliphatic heterocycles. The van der Waals surface area contributed by atoms with E-state index in [1.54, 1.807) is 6.07 Å². The van der Waals surface area contributed by atoms with Crippen LogP contribution in [0.4, 0.5) is 5.69 Å². The molecule has 1 aliphatic rings. The Bertz CT molecular complexity index is 924. The van der Waals surface area contributed by atoms with Gasteiger partial charge in [-0.1, -0.05) is 12.1 Å². The van der Waals surface area contributed by atoms with Crippen molar-refractivity contribution in [3.05, 3.63) is 53.1 Å². The number of nitrogens with one attached hydrogen (secondary N) is 1. The minimum atomic E-state index is 0.0607. The lowest BCUT2D eigenvalue weighted by Crippen LogP contribution is -2.49. The van der Waals surface area contributed by atoms with E-state index >= 15 is 0 Å². The topological polar surface area (TPSA) is 65.1 Å². The van der Waals surface area contributed by atoms with Gasteiger partial charge in [-0.2, -0.15) is 15.4 Å². The Labute approximate surface area is 146 Å². The van der Waals surface area contributed by atoms with Gasteiger partial charge >= 0.3 is 0 Å². The molecule has 2 heterocycles. The summed E-state index contributed by atoms with van der Waals surface area (Å²) in [5, 5.41) is 10.7. The zero-order chi connectivity index (χ0) is 17.4. The van der Waals surface area contributed by atoms with Gasteiger partial charge in [0.2, 0.25) is 0 Å². The molecule has 6 heteroatoms. The lowest BCUT2D eigenvalue weighted by atomic mass is 10.1. The maximum atomic E-state index is 12.8. The van der Waals surface area contributed by atoms with Gasteiger partial charge < -0.3 is 9.80 Å². The number of benzene rings is 2. The van der Waals surface area contributed by atoms with Crippen molar-refractivity contribution in [3.8, 4) is 0 Å². The van der Waals surface area contributed by atoms with E-state index in [1.165, 1.54) is 16.8 Å². The molecule has 0 atom stereocenters. The molecule has 1 saturated heterocycles. The number of aryl methyl sites for hydroxylation is 1. The summed E-state index contributed by atoms with van der Waals surface area (Å²) >= 11 is 0. The number of piperazine rings is 1.